The van der Waals surface area contributed by atoms with Gasteiger partial charge < -0.3 is 10.6 Å². The first-order chi connectivity index (χ1) is 13.9. The van der Waals surface area contributed by atoms with E-state index in [1.165, 1.54) is 4.31 Å². The van der Waals surface area contributed by atoms with E-state index in [4.69, 9.17) is 0 Å². The van der Waals surface area contributed by atoms with Crippen LogP contribution in [0.25, 0.3) is 0 Å². The van der Waals surface area contributed by atoms with Gasteiger partial charge in [0.15, 0.2) is 0 Å². The summed E-state index contributed by atoms with van der Waals surface area (Å²) in [5.74, 6) is -1.57. The van der Waals surface area contributed by atoms with Gasteiger partial charge in [-0.25, -0.2) is 8.42 Å². The molecule has 0 bridgehead atoms. The number of pyridine rings is 1. The minimum absolute atomic E-state index is 0.0843. The van der Waals surface area contributed by atoms with Crippen molar-refractivity contribution in [1.82, 2.24) is 19.9 Å². The summed E-state index contributed by atoms with van der Waals surface area (Å²) in [6.07, 6.45) is 2.93. The summed E-state index contributed by atoms with van der Waals surface area (Å²) in [5, 5.41) is 5.05. The number of sulfonamides is 1. The monoisotopic (exact) mass is 416 g/mol. The number of amides is 2. The first kappa shape index (κ1) is 20.9. The molecule has 1 aliphatic rings. The van der Waals surface area contributed by atoms with Gasteiger partial charge in [-0.3, -0.25) is 14.6 Å². The standard InChI is InChI=1S/C20H24N4O4S/c1-15-7-9-18(10-8-15)29(27,28)24-12-4-6-17(24)14-23-20(26)19(25)22-13-16-5-2-3-11-21-16/h2-3,5,7-11,17H,4,6,12-14H2,1H3,(H,22,25)(H,23,26)/t17-/m1/s1. The van der Waals surface area contributed by atoms with Crippen LogP contribution in [-0.4, -0.2) is 48.7 Å². The molecule has 1 aromatic heterocycles. The Kier molecular flexibility index (Phi) is 6.60. The molecular formula is C20H24N4O4S. The van der Waals surface area contributed by atoms with Crippen molar-refractivity contribution in [2.75, 3.05) is 13.1 Å². The van der Waals surface area contributed by atoms with Crippen molar-refractivity contribution in [3.05, 3.63) is 59.9 Å². The molecule has 2 aromatic rings. The Morgan fingerprint density at radius 1 is 1.10 bits per heavy atom. The highest BCUT2D eigenvalue weighted by Gasteiger charge is 2.35. The summed E-state index contributed by atoms with van der Waals surface area (Å²) in [6.45, 7) is 2.51. The molecule has 8 nitrogen and oxygen atoms in total. The zero-order valence-electron chi connectivity index (χ0n) is 16.2. The van der Waals surface area contributed by atoms with E-state index >= 15 is 0 Å². The molecule has 29 heavy (non-hydrogen) atoms. The Hall–Kier alpha value is -2.78. The van der Waals surface area contributed by atoms with E-state index in [1.54, 1.807) is 48.7 Å². The third-order valence-electron chi connectivity index (χ3n) is 4.81. The van der Waals surface area contributed by atoms with E-state index in [-0.39, 0.29) is 24.0 Å². The van der Waals surface area contributed by atoms with Gasteiger partial charge in [-0.15, -0.1) is 0 Å². The molecule has 0 saturated carbocycles. The first-order valence-electron chi connectivity index (χ1n) is 9.42. The number of hydrogen-bond donors (Lipinski definition) is 2. The minimum atomic E-state index is -3.65. The number of hydrogen-bond acceptors (Lipinski definition) is 5. The predicted molar refractivity (Wildman–Crippen MR) is 107 cm³/mol. The molecule has 0 aliphatic carbocycles. The number of nitrogens with zero attached hydrogens (tertiary/aromatic N) is 2. The fraction of sp³-hybridized carbons (Fsp3) is 0.350. The topological polar surface area (TPSA) is 108 Å². The van der Waals surface area contributed by atoms with E-state index < -0.39 is 21.8 Å². The summed E-state index contributed by atoms with van der Waals surface area (Å²) in [5.41, 5.74) is 1.62. The normalized spacial score (nSPS) is 17.1. The molecule has 1 aromatic carbocycles. The summed E-state index contributed by atoms with van der Waals surface area (Å²) < 4.78 is 27.2. The molecule has 0 radical (unpaired) electrons. The van der Waals surface area contributed by atoms with Crippen molar-refractivity contribution in [1.29, 1.82) is 0 Å². The maximum absolute atomic E-state index is 12.9. The third-order valence-corrected chi connectivity index (χ3v) is 6.78. The van der Waals surface area contributed by atoms with E-state index in [0.717, 1.165) is 5.56 Å². The molecular weight excluding hydrogens is 392 g/mol. The van der Waals surface area contributed by atoms with Crippen LogP contribution in [0.15, 0.2) is 53.6 Å². The fourth-order valence-corrected chi connectivity index (χ4v) is 4.91. The molecule has 2 heterocycles. The van der Waals surface area contributed by atoms with E-state index in [9.17, 15) is 18.0 Å². The van der Waals surface area contributed by atoms with Gasteiger partial charge in [-0.2, -0.15) is 4.31 Å². The molecule has 1 atom stereocenters. The molecule has 2 N–H and O–H groups in total. The van der Waals surface area contributed by atoms with Crippen molar-refractivity contribution >= 4 is 21.8 Å². The predicted octanol–water partition coefficient (Wildman–Crippen LogP) is 0.976. The number of nitrogens with one attached hydrogen (secondary N) is 2. The van der Waals surface area contributed by atoms with Crippen molar-refractivity contribution in [3.63, 3.8) is 0 Å². The lowest BCUT2D eigenvalue weighted by atomic mass is 10.2. The highest BCUT2D eigenvalue weighted by molar-refractivity contribution is 7.89. The Labute approximate surface area is 170 Å². The van der Waals surface area contributed by atoms with E-state index in [1.807, 2.05) is 6.92 Å². The Morgan fingerprint density at radius 2 is 1.83 bits per heavy atom. The second-order valence-electron chi connectivity index (χ2n) is 6.94. The van der Waals surface area contributed by atoms with Gasteiger partial charge in [0.2, 0.25) is 10.0 Å². The van der Waals surface area contributed by atoms with E-state index in [0.29, 0.717) is 25.1 Å². The molecule has 1 saturated heterocycles. The second-order valence-corrected chi connectivity index (χ2v) is 8.83. The van der Waals surface area contributed by atoms with Crippen molar-refractivity contribution < 1.29 is 18.0 Å². The SMILES string of the molecule is Cc1ccc(S(=O)(=O)N2CCC[C@@H]2CNC(=O)C(=O)NCc2ccccn2)cc1. The summed E-state index contributed by atoms with van der Waals surface area (Å²) in [6, 6.07) is 11.6. The molecule has 1 fully saturated rings. The smallest absolute Gasteiger partial charge is 0.309 e. The maximum atomic E-state index is 12.9. The Balaban J connectivity index is 1.55. The largest absolute Gasteiger partial charge is 0.346 e. The third kappa shape index (κ3) is 5.18. The van der Waals surface area contributed by atoms with Crippen LogP contribution in [0.2, 0.25) is 0 Å². The number of benzene rings is 1. The van der Waals surface area contributed by atoms with Crippen LogP contribution in [-0.2, 0) is 26.2 Å². The maximum Gasteiger partial charge on any atom is 0.309 e. The van der Waals surface area contributed by atoms with Crippen LogP contribution in [0, 0.1) is 6.92 Å². The molecule has 3 rings (SSSR count). The van der Waals surface area contributed by atoms with Gasteiger partial charge in [-0.05, 0) is 44.0 Å². The highest BCUT2D eigenvalue weighted by atomic mass is 32.2. The van der Waals surface area contributed by atoms with Gasteiger partial charge in [0, 0.05) is 25.3 Å². The first-order valence-corrected chi connectivity index (χ1v) is 10.9. The zero-order chi connectivity index (χ0) is 20.9. The summed E-state index contributed by atoms with van der Waals surface area (Å²) in [7, 11) is -3.65. The van der Waals surface area contributed by atoms with Gasteiger partial charge in [0.25, 0.3) is 0 Å². The van der Waals surface area contributed by atoms with Crippen molar-refractivity contribution in [3.8, 4) is 0 Å². The van der Waals surface area contributed by atoms with Gasteiger partial charge >= 0.3 is 11.8 Å². The number of aromatic nitrogens is 1. The molecule has 0 unspecified atom stereocenters. The summed E-state index contributed by atoms with van der Waals surface area (Å²) >= 11 is 0. The molecule has 2 amide bonds. The van der Waals surface area contributed by atoms with Crippen LogP contribution in [0.5, 0.6) is 0 Å². The summed E-state index contributed by atoms with van der Waals surface area (Å²) in [4.78, 5) is 28.3. The molecule has 1 aliphatic heterocycles. The number of carbonyl (C=O) groups excluding carboxylic acids is 2. The fourth-order valence-electron chi connectivity index (χ4n) is 3.22. The van der Waals surface area contributed by atoms with Crippen molar-refractivity contribution in [2.45, 2.75) is 37.2 Å². The lowest BCUT2D eigenvalue weighted by Crippen LogP contribution is -2.46. The van der Waals surface area contributed by atoms with Gasteiger partial charge in [0.1, 0.15) is 0 Å². The van der Waals surface area contributed by atoms with Gasteiger partial charge in [0.05, 0.1) is 17.1 Å². The lowest BCUT2D eigenvalue weighted by molar-refractivity contribution is -0.139. The molecule has 0 spiro atoms. The number of rotatable bonds is 6. The zero-order valence-corrected chi connectivity index (χ0v) is 17.0. The van der Waals surface area contributed by atoms with Crippen LogP contribution >= 0.6 is 0 Å². The highest BCUT2D eigenvalue weighted by Crippen LogP contribution is 2.25. The lowest BCUT2D eigenvalue weighted by Gasteiger charge is -2.24. The quantitative estimate of drug-likeness (QED) is 0.683. The second kappa shape index (κ2) is 9.15. The van der Waals surface area contributed by atoms with Crippen LogP contribution in [0.4, 0.5) is 0 Å². The molecule has 154 valence electrons. The van der Waals surface area contributed by atoms with Crippen LogP contribution in [0.1, 0.15) is 24.1 Å². The molecule has 9 heteroatoms. The number of aryl methyl sites for hydroxylation is 1. The average Bonchev–Trinajstić information content (AvgIpc) is 3.21. The Bertz CT molecular complexity index is 962. The average molecular weight is 417 g/mol. The van der Waals surface area contributed by atoms with Gasteiger partial charge in [-0.1, -0.05) is 23.8 Å². The Morgan fingerprint density at radius 3 is 2.52 bits per heavy atom. The van der Waals surface area contributed by atoms with Crippen LogP contribution < -0.4 is 10.6 Å². The number of carbonyl (C=O) groups is 2. The van der Waals surface area contributed by atoms with E-state index in [2.05, 4.69) is 15.6 Å². The van der Waals surface area contributed by atoms with Crippen molar-refractivity contribution in [2.24, 2.45) is 0 Å². The minimum Gasteiger partial charge on any atom is -0.346 e. The van der Waals surface area contributed by atoms with Crippen LogP contribution in [0.3, 0.4) is 0 Å².